The van der Waals surface area contributed by atoms with Gasteiger partial charge in [0.2, 0.25) is 0 Å². The van der Waals surface area contributed by atoms with Crippen LogP contribution >= 0.6 is 15.9 Å². The molecular weight excluding hydrogens is 418 g/mol. The molecule has 0 atom stereocenters. The number of halogens is 1. The van der Waals surface area contributed by atoms with E-state index in [1.807, 2.05) is 6.07 Å². The topological polar surface area (TPSA) is 73.2 Å². The number of hydrogen-bond donors (Lipinski definition) is 1. The van der Waals surface area contributed by atoms with E-state index in [9.17, 15) is 14.9 Å². The molecule has 5 nitrogen and oxygen atoms in total. The van der Waals surface area contributed by atoms with Crippen LogP contribution in [0.2, 0.25) is 0 Å². The number of benzene rings is 2. The Hall–Kier alpha value is -2.91. The predicted molar refractivity (Wildman–Crippen MR) is 111 cm³/mol. The van der Waals surface area contributed by atoms with Crippen LogP contribution in [-0.2, 0) is 4.79 Å². The molecule has 1 fully saturated rings. The van der Waals surface area contributed by atoms with Crippen molar-refractivity contribution in [3.8, 4) is 6.07 Å². The van der Waals surface area contributed by atoms with Gasteiger partial charge in [-0.1, -0.05) is 36.4 Å². The number of nitrogens with one attached hydrogen (secondary N) is 1. The van der Waals surface area contributed by atoms with E-state index < -0.39 is 0 Å². The van der Waals surface area contributed by atoms with Gasteiger partial charge in [-0.2, -0.15) is 5.26 Å². The Labute approximate surface area is 172 Å². The van der Waals surface area contributed by atoms with Crippen molar-refractivity contribution in [2.75, 3.05) is 13.1 Å². The molecule has 0 aliphatic carbocycles. The fraction of sp³-hybridized carbons (Fsp3) is 0.227. The van der Waals surface area contributed by atoms with Crippen molar-refractivity contribution in [1.82, 2.24) is 10.2 Å². The van der Waals surface area contributed by atoms with Crippen LogP contribution in [0.25, 0.3) is 4.48 Å². The molecule has 2 aromatic carbocycles. The van der Waals surface area contributed by atoms with Crippen LogP contribution in [0.4, 0.5) is 0 Å². The Bertz CT molecular complexity index is 942. The van der Waals surface area contributed by atoms with Crippen molar-refractivity contribution in [2.24, 2.45) is 0 Å². The predicted octanol–water partition coefficient (Wildman–Crippen LogP) is 4.06. The van der Waals surface area contributed by atoms with E-state index in [2.05, 4.69) is 27.3 Å². The number of nitriles is 1. The molecule has 1 aliphatic rings. The van der Waals surface area contributed by atoms with Gasteiger partial charge in [0.15, 0.2) is 0 Å². The SMILES string of the molecule is N#Cc1ccccc1/C(Br)=C(/NC(=O)c1ccccc1)C(=O)N1CCCCC1. The van der Waals surface area contributed by atoms with E-state index in [1.54, 1.807) is 53.4 Å². The molecule has 0 spiro atoms. The zero-order valence-electron chi connectivity index (χ0n) is 15.3. The number of likely N-dealkylation sites (tertiary alicyclic amines) is 1. The van der Waals surface area contributed by atoms with Crippen molar-refractivity contribution in [3.05, 3.63) is 77.0 Å². The highest BCUT2D eigenvalue weighted by Gasteiger charge is 2.26. The van der Waals surface area contributed by atoms with Crippen LogP contribution in [-0.4, -0.2) is 29.8 Å². The summed E-state index contributed by atoms with van der Waals surface area (Å²) in [7, 11) is 0. The molecule has 0 radical (unpaired) electrons. The first kappa shape index (κ1) is 19.8. The standard InChI is InChI=1S/C22H20BrN3O2/c23-19(18-12-6-5-11-17(18)15-24)20(22(28)26-13-7-2-8-14-26)25-21(27)16-9-3-1-4-10-16/h1,3-6,9-12H,2,7-8,13-14H2,(H,25,27)/b20-19-. The normalized spacial score (nSPS) is 14.6. The molecule has 0 unspecified atom stereocenters. The summed E-state index contributed by atoms with van der Waals surface area (Å²) in [6.07, 6.45) is 2.98. The molecule has 1 saturated heterocycles. The third-order valence-electron chi connectivity index (χ3n) is 4.64. The highest BCUT2D eigenvalue weighted by atomic mass is 79.9. The fourth-order valence-electron chi connectivity index (χ4n) is 3.14. The number of piperidine rings is 1. The van der Waals surface area contributed by atoms with E-state index in [-0.39, 0.29) is 17.5 Å². The van der Waals surface area contributed by atoms with Gasteiger partial charge in [0.05, 0.1) is 16.1 Å². The highest BCUT2D eigenvalue weighted by Crippen LogP contribution is 2.28. The summed E-state index contributed by atoms with van der Waals surface area (Å²) < 4.78 is 0.407. The fourth-order valence-corrected chi connectivity index (χ4v) is 3.75. The minimum absolute atomic E-state index is 0.151. The second-order valence-corrected chi connectivity index (χ2v) is 7.31. The van der Waals surface area contributed by atoms with E-state index in [0.717, 1.165) is 19.3 Å². The summed E-state index contributed by atoms with van der Waals surface area (Å²) >= 11 is 3.48. The number of rotatable bonds is 4. The summed E-state index contributed by atoms with van der Waals surface area (Å²) in [6, 6.07) is 17.9. The molecule has 2 aromatic rings. The average Bonchev–Trinajstić information content (AvgIpc) is 2.77. The Morgan fingerprint density at radius 1 is 0.964 bits per heavy atom. The number of carbonyl (C=O) groups excluding carboxylic acids is 2. The molecule has 142 valence electrons. The van der Waals surface area contributed by atoms with Gasteiger partial charge in [-0.05, 0) is 53.4 Å². The minimum Gasteiger partial charge on any atom is -0.337 e. The average molecular weight is 438 g/mol. The summed E-state index contributed by atoms with van der Waals surface area (Å²) in [5, 5.41) is 12.2. The second-order valence-electron chi connectivity index (χ2n) is 6.52. The van der Waals surface area contributed by atoms with Crippen LogP contribution < -0.4 is 5.32 Å². The third kappa shape index (κ3) is 4.49. The summed E-state index contributed by atoms with van der Waals surface area (Å²) in [5.74, 6) is -0.615. The lowest BCUT2D eigenvalue weighted by molar-refractivity contribution is -0.128. The quantitative estimate of drug-likeness (QED) is 0.732. The maximum absolute atomic E-state index is 13.2. The molecule has 1 N–H and O–H groups in total. The van der Waals surface area contributed by atoms with Crippen molar-refractivity contribution < 1.29 is 9.59 Å². The number of amides is 2. The molecule has 28 heavy (non-hydrogen) atoms. The molecule has 1 heterocycles. The second kappa shape index (κ2) is 9.34. The molecular formula is C22H20BrN3O2. The Morgan fingerprint density at radius 3 is 2.29 bits per heavy atom. The van der Waals surface area contributed by atoms with Crippen molar-refractivity contribution >= 4 is 32.2 Å². The zero-order chi connectivity index (χ0) is 19.9. The van der Waals surface area contributed by atoms with Crippen molar-refractivity contribution in [2.45, 2.75) is 19.3 Å². The monoisotopic (exact) mass is 437 g/mol. The van der Waals surface area contributed by atoms with Crippen LogP contribution in [0.1, 0.15) is 40.7 Å². The van der Waals surface area contributed by atoms with Crippen molar-refractivity contribution in [1.29, 1.82) is 5.26 Å². The van der Waals surface area contributed by atoms with Gasteiger partial charge < -0.3 is 10.2 Å². The first-order valence-corrected chi connectivity index (χ1v) is 9.96. The Morgan fingerprint density at radius 2 is 1.61 bits per heavy atom. The molecule has 0 bridgehead atoms. The smallest absolute Gasteiger partial charge is 0.271 e. The number of nitrogens with zero attached hydrogens (tertiary/aromatic N) is 2. The molecule has 1 aliphatic heterocycles. The van der Waals surface area contributed by atoms with Gasteiger partial charge in [-0.15, -0.1) is 0 Å². The third-order valence-corrected chi connectivity index (χ3v) is 5.46. The molecule has 2 amide bonds. The summed E-state index contributed by atoms with van der Waals surface area (Å²) in [6.45, 7) is 1.31. The van der Waals surface area contributed by atoms with Gasteiger partial charge in [0.25, 0.3) is 11.8 Å². The molecule has 0 aromatic heterocycles. The van der Waals surface area contributed by atoms with Crippen molar-refractivity contribution in [3.63, 3.8) is 0 Å². The molecule has 6 heteroatoms. The van der Waals surface area contributed by atoms with E-state index in [1.165, 1.54) is 0 Å². The van der Waals surface area contributed by atoms with Gasteiger partial charge in [-0.25, -0.2) is 0 Å². The minimum atomic E-state index is -0.368. The van der Waals surface area contributed by atoms with Crippen LogP contribution in [0, 0.1) is 11.3 Å². The van der Waals surface area contributed by atoms with E-state index in [0.29, 0.717) is 34.3 Å². The molecule has 0 saturated carbocycles. The summed E-state index contributed by atoms with van der Waals surface area (Å²) in [5.41, 5.74) is 1.60. The van der Waals surface area contributed by atoms with Gasteiger partial charge in [0.1, 0.15) is 5.70 Å². The Kier molecular flexibility index (Phi) is 6.62. The lowest BCUT2D eigenvalue weighted by Crippen LogP contribution is -2.41. The molecule has 3 rings (SSSR count). The number of hydrogen-bond acceptors (Lipinski definition) is 3. The largest absolute Gasteiger partial charge is 0.337 e. The first-order chi connectivity index (χ1) is 13.6. The highest BCUT2D eigenvalue weighted by molar-refractivity contribution is 9.15. The van der Waals surface area contributed by atoms with Crippen LogP contribution in [0.15, 0.2) is 60.3 Å². The zero-order valence-corrected chi connectivity index (χ0v) is 16.9. The maximum atomic E-state index is 13.2. The van der Waals surface area contributed by atoms with Gasteiger partial charge in [0, 0.05) is 24.2 Å². The van der Waals surface area contributed by atoms with E-state index >= 15 is 0 Å². The summed E-state index contributed by atoms with van der Waals surface area (Å²) in [4.78, 5) is 27.7. The van der Waals surface area contributed by atoms with Crippen LogP contribution in [0.5, 0.6) is 0 Å². The van der Waals surface area contributed by atoms with E-state index in [4.69, 9.17) is 0 Å². The van der Waals surface area contributed by atoms with Gasteiger partial charge in [-0.3, -0.25) is 9.59 Å². The first-order valence-electron chi connectivity index (χ1n) is 9.16. The maximum Gasteiger partial charge on any atom is 0.271 e. The number of carbonyl (C=O) groups is 2. The van der Waals surface area contributed by atoms with Crippen LogP contribution in [0.3, 0.4) is 0 Å². The van der Waals surface area contributed by atoms with Gasteiger partial charge >= 0.3 is 0 Å². The lowest BCUT2D eigenvalue weighted by atomic mass is 10.1. The lowest BCUT2D eigenvalue weighted by Gasteiger charge is -2.28. The Balaban J connectivity index is 2.01.